The normalized spacial score (nSPS) is 31.7. The monoisotopic (exact) mass is 425 g/mol. The first-order valence-corrected chi connectivity index (χ1v) is 12.0. The molecule has 2 heterocycles. The molecule has 1 saturated heterocycles. The molecule has 5 rings (SSSR count). The van der Waals surface area contributed by atoms with Crippen LogP contribution in [0.1, 0.15) is 51.4 Å². The highest BCUT2D eigenvalue weighted by atomic mass is 16.5. The highest BCUT2D eigenvalue weighted by Crippen LogP contribution is 2.44. The van der Waals surface area contributed by atoms with E-state index in [9.17, 15) is 5.11 Å². The van der Waals surface area contributed by atoms with Crippen LogP contribution in [0.25, 0.3) is 0 Å². The average Bonchev–Trinajstić information content (AvgIpc) is 3.54. The predicted octanol–water partition coefficient (Wildman–Crippen LogP) is 3.42. The predicted molar refractivity (Wildman–Crippen MR) is 121 cm³/mol. The lowest BCUT2D eigenvalue weighted by Gasteiger charge is -2.34. The van der Waals surface area contributed by atoms with Crippen molar-refractivity contribution in [2.75, 3.05) is 33.4 Å². The van der Waals surface area contributed by atoms with E-state index in [0.717, 1.165) is 61.7 Å². The van der Waals surface area contributed by atoms with Crippen LogP contribution in [0.15, 0.2) is 51.6 Å². The zero-order chi connectivity index (χ0) is 21.2. The minimum atomic E-state index is -0.479. The van der Waals surface area contributed by atoms with Gasteiger partial charge in [0.2, 0.25) is 0 Å². The molecule has 0 spiro atoms. The summed E-state index contributed by atoms with van der Waals surface area (Å²) in [5, 5.41) is 13.8. The summed E-state index contributed by atoms with van der Waals surface area (Å²) >= 11 is 0. The molecule has 1 fully saturated rings. The first kappa shape index (κ1) is 20.8. The van der Waals surface area contributed by atoms with E-state index in [1.165, 1.54) is 43.5 Å². The number of hydrogen-bond acceptors (Lipinski definition) is 5. The van der Waals surface area contributed by atoms with Crippen LogP contribution in [0.4, 0.5) is 0 Å². The number of aliphatic hydroxyl groups is 1. The van der Waals surface area contributed by atoms with Crippen LogP contribution >= 0.6 is 0 Å². The Morgan fingerprint density at radius 3 is 2.87 bits per heavy atom. The SMILES string of the molecule is COC1=C(OCCCN2CCCC2)C=C2NC(=NC3CC=C[C@@H]3O)C3=C(CCC3)C2C1. The number of methoxy groups -OCH3 is 1. The molecule has 2 aliphatic heterocycles. The highest BCUT2D eigenvalue weighted by Gasteiger charge is 2.37. The number of allylic oxidation sites excluding steroid dienone is 3. The zero-order valence-corrected chi connectivity index (χ0v) is 18.6. The van der Waals surface area contributed by atoms with Crippen molar-refractivity contribution in [3.8, 4) is 0 Å². The van der Waals surface area contributed by atoms with Gasteiger partial charge in [-0.15, -0.1) is 0 Å². The second-order valence-corrected chi connectivity index (χ2v) is 9.28. The molecular weight excluding hydrogens is 390 g/mol. The number of fused-ring (bicyclic) bond motifs is 2. The molecule has 0 bridgehead atoms. The molecule has 0 saturated carbocycles. The van der Waals surface area contributed by atoms with E-state index < -0.39 is 6.10 Å². The van der Waals surface area contributed by atoms with Crippen molar-refractivity contribution < 1.29 is 14.6 Å². The van der Waals surface area contributed by atoms with Gasteiger partial charge in [0.25, 0.3) is 0 Å². The molecule has 6 nitrogen and oxygen atoms in total. The lowest BCUT2D eigenvalue weighted by atomic mass is 9.82. The second kappa shape index (κ2) is 9.21. The Morgan fingerprint density at radius 1 is 1.23 bits per heavy atom. The Bertz CT molecular complexity index is 848. The molecule has 31 heavy (non-hydrogen) atoms. The van der Waals surface area contributed by atoms with Crippen molar-refractivity contribution in [2.45, 2.75) is 63.5 Å². The summed E-state index contributed by atoms with van der Waals surface area (Å²) in [6.07, 6.45) is 14.2. The third kappa shape index (κ3) is 4.33. The number of aliphatic imine (C=N–C) groups is 1. The molecule has 6 heteroatoms. The number of amidine groups is 1. The summed E-state index contributed by atoms with van der Waals surface area (Å²) < 4.78 is 12.0. The third-order valence-electron chi connectivity index (χ3n) is 7.28. The maximum atomic E-state index is 10.2. The number of rotatable bonds is 7. The summed E-state index contributed by atoms with van der Waals surface area (Å²) in [6.45, 7) is 4.28. The summed E-state index contributed by atoms with van der Waals surface area (Å²) in [7, 11) is 1.75. The molecule has 0 aromatic carbocycles. The lowest BCUT2D eigenvalue weighted by molar-refractivity contribution is 0.163. The quantitative estimate of drug-likeness (QED) is 0.483. The van der Waals surface area contributed by atoms with Gasteiger partial charge in [-0.2, -0.15) is 0 Å². The Labute approximate surface area is 185 Å². The molecule has 168 valence electrons. The standard InChI is InChI=1S/C25H35N3O3/c1-30-23-15-19-17-7-4-8-18(17)25(26-20-9-5-10-22(20)29)27-21(19)16-24(23)31-14-6-13-28-11-2-3-12-28/h5,10,16,19-20,22,29H,2-4,6-9,11-15H2,1H3,(H,26,27)/t19?,20?,22-/m0/s1. The van der Waals surface area contributed by atoms with Crippen molar-refractivity contribution >= 4 is 5.84 Å². The van der Waals surface area contributed by atoms with Crippen molar-refractivity contribution in [3.05, 3.63) is 46.6 Å². The van der Waals surface area contributed by atoms with E-state index in [1.807, 2.05) is 12.2 Å². The molecule has 3 aliphatic carbocycles. The van der Waals surface area contributed by atoms with Gasteiger partial charge in [-0.25, -0.2) is 0 Å². The Hall–Kier alpha value is -2.05. The summed E-state index contributed by atoms with van der Waals surface area (Å²) in [5.74, 6) is 3.09. The summed E-state index contributed by atoms with van der Waals surface area (Å²) in [6, 6.07) is -0.0797. The van der Waals surface area contributed by atoms with E-state index in [1.54, 1.807) is 7.11 Å². The molecule has 2 N–H and O–H groups in total. The van der Waals surface area contributed by atoms with Crippen molar-refractivity contribution in [1.82, 2.24) is 10.2 Å². The van der Waals surface area contributed by atoms with Gasteiger partial charge < -0.3 is 24.8 Å². The fourth-order valence-electron chi connectivity index (χ4n) is 5.60. The van der Waals surface area contributed by atoms with E-state index in [2.05, 4.69) is 16.3 Å². The number of hydrogen-bond donors (Lipinski definition) is 2. The first-order valence-electron chi connectivity index (χ1n) is 12.0. The molecule has 0 radical (unpaired) electrons. The largest absolute Gasteiger partial charge is 0.497 e. The number of nitrogens with zero attached hydrogens (tertiary/aromatic N) is 2. The fraction of sp³-hybridized carbons (Fsp3) is 0.640. The zero-order valence-electron chi connectivity index (χ0n) is 18.6. The van der Waals surface area contributed by atoms with Crippen LogP contribution in [0.3, 0.4) is 0 Å². The van der Waals surface area contributed by atoms with Gasteiger partial charge in [0.1, 0.15) is 11.6 Å². The molecule has 0 aromatic rings. The van der Waals surface area contributed by atoms with Gasteiger partial charge in [-0.3, -0.25) is 4.99 Å². The minimum absolute atomic E-state index is 0.0797. The van der Waals surface area contributed by atoms with Crippen LogP contribution in [-0.4, -0.2) is 61.3 Å². The van der Waals surface area contributed by atoms with E-state index in [0.29, 0.717) is 12.5 Å². The highest BCUT2D eigenvalue weighted by molar-refractivity contribution is 6.02. The molecular formula is C25H35N3O3. The van der Waals surface area contributed by atoms with Gasteiger partial charge in [0, 0.05) is 30.7 Å². The topological polar surface area (TPSA) is 66.3 Å². The van der Waals surface area contributed by atoms with Crippen LogP contribution in [-0.2, 0) is 9.47 Å². The van der Waals surface area contributed by atoms with E-state index in [-0.39, 0.29) is 6.04 Å². The van der Waals surface area contributed by atoms with E-state index >= 15 is 0 Å². The van der Waals surface area contributed by atoms with Gasteiger partial charge in [0.05, 0.1) is 25.9 Å². The number of ether oxygens (including phenoxy) is 2. The van der Waals surface area contributed by atoms with Crippen molar-refractivity contribution in [1.29, 1.82) is 0 Å². The van der Waals surface area contributed by atoms with Crippen LogP contribution in [0.2, 0.25) is 0 Å². The Morgan fingerprint density at radius 2 is 2.10 bits per heavy atom. The van der Waals surface area contributed by atoms with Crippen LogP contribution < -0.4 is 5.32 Å². The fourth-order valence-corrected chi connectivity index (χ4v) is 5.60. The molecule has 2 unspecified atom stereocenters. The average molecular weight is 426 g/mol. The smallest absolute Gasteiger partial charge is 0.158 e. The second-order valence-electron chi connectivity index (χ2n) is 9.28. The van der Waals surface area contributed by atoms with Crippen molar-refractivity contribution in [3.63, 3.8) is 0 Å². The lowest BCUT2D eigenvalue weighted by Crippen LogP contribution is -2.38. The number of likely N-dealkylation sites (tertiary alicyclic amines) is 1. The number of nitrogens with one attached hydrogen (secondary N) is 1. The third-order valence-corrected chi connectivity index (χ3v) is 7.28. The maximum absolute atomic E-state index is 10.2. The number of aliphatic hydroxyl groups excluding tert-OH is 1. The van der Waals surface area contributed by atoms with Gasteiger partial charge in [-0.1, -0.05) is 17.7 Å². The Balaban J connectivity index is 1.31. The molecule has 0 amide bonds. The first-order chi connectivity index (χ1) is 15.2. The minimum Gasteiger partial charge on any atom is -0.497 e. The van der Waals surface area contributed by atoms with Gasteiger partial charge in [-0.05, 0) is 63.6 Å². The maximum Gasteiger partial charge on any atom is 0.158 e. The van der Waals surface area contributed by atoms with Crippen molar-refractivity contribution in [2.24, 2.45) is 10.9 Å². The molecule has 3 atom stereocenters. The summed E-state index contributed by atoms with van der Waals surface area (Å²) in [5.41, 5.74) is 4.01. The Kier molecular flexibility index (Phi) is 6.19. The van der Waals surface area contributed by atoms with E-state index in [4.69, 9.17) is 14.5 Å². The molecule has 0 aromatic heterocycles. The summed E-state index contributed by atoms with van der Waals surface area (Å²) in [4.78, 5) is 7.46. The van der Waals surface area contributed by atoms with Gasteiger partial charge in [0.15, 0.2) is 5.76 Å². The van der Waals surface area contributed by atoms with Gasteiger partial charge >= 0.3 is 0 Å². The molecule has 5 aliphatic rings. The van der Waals surface area contributed by atoms with Crippen LogP contribution in [0, 0.1) is 5.92 Å². The van der Waals surface area contributed by atoms with Crippen LogP contribution in [0.5, 0.6) is 0 Å².